The first-order chi connectivity index (χ1) is 7.72. The molecule has 0 amide bonds. The molecule has 0 saturated carbocycles. The molecule has 0 saturated heterocycles. The minimum absolute atomic E-state index is 0.172. The Morgan fingerprint density at radius 2 is 2.38 bits per heavy atom. The lowest BCUT2D eigenvalue weighted by atomic mass is 10.2. The van der Waals surface area contributed by atoms with Gasteiger partial charge in [0.2, 0.25) is 0 Å². The van der Waals surface area contributed by atoms with Gasteiger partial charge in [0.25, 0.3) is 0 Å². The first-order valence-electron chi connectivity index (χ1n) is 5.57. The number of aryl methyl sites for hydroxylation is 1. The van der Waals surface area contributed by atoms with E-state index in [4.69, 9.17) is 9.94 Å². The van der Waals surface area contributed by atoms with Crippen LogP contribution < -0.4 is 5.48 Å². The highest BCUT2D eigenvalue weighted by Crippen LogP contribution is 1.95. The summed E-state index contributed by atoms with van der Waals surface area (Å²) in [6.45, 7) is 6.27. The lowest BCUT2D eigenvalue weighted by Crippen LogP contribution is -2.17. The highest BCUT2D eigenvalue weighted by Gasteiger charge is 2.00. The van der Waals surface area contributed by atoms with E-state index in [0.717, 1.165) is 5.69 Å². The van der Waals surface area contributed by atoms with E-state index in [1.165, 1.54) is 0 Å². The molecule has 2 N–H and O–H groups in total. The number of rotatable bonds is 8. The summed E-state index contributed by atoms with van der Waals surface area (Å²) in [5.74, 6) is 0.507. The molecule has 0 atom stereocenters. The van der Waals surface area contributed by atoms with Crippen molar-refractivity contribution in [2.45, 2.75) is 33.4 Å². The van der Waals surface area contributed by atoms with Crippen LogP contribution in [-0.2, 0) is 17.9 Å². The molecule has 0 aliphatic heterocycles. The van der Waals surface area contributed by atoms with Crippen LogP contribution in [0.5, 0.6) is 0 Å². The van der Waals surface area contributed by atoms with Crippen molar-refractivity contribution >= 4 is 0 Å². The van der Waals surface area contributed by atoms with Crippen molar-refractivity contribution in [1.82, 2.24) is 20.5 Å². The number of nitrogens with zero attached hydrogens (tertiary/aromatic N) is 3. The maximum Gasteiger partial charge on any atom is 0.0988 e. The van der Waals surface area contributed by atoms with Gasteiger partial charge in [0.05, 0.1) is 18.8 Å². The number of aliphatic hydroxyl groups is 1. The largest absolute Gasteiger partial charge is 0.396 e. The Morgan fingerprint density at radius 3 is 3.06 bits per heavy atom. The summed E-state index contributed by atoms with van der Waals surface area (Å²) in [5, 5.41) is 16.6. The number of aliphatic hydroxyl groups excluding tert-OH is 1. The fourth-order valence-electron chi connectivity index (χ4n) is 1.11. The molecule has 0 fully saturated rings. The highest BCUT2D eigenvalue weighted by atomic mass is 16.6. The number of hydrogen-bond donors (Lipinski definition) is 2. The Labute approximate surface area is 95.6 Å². The van der Waals surface area contributed by atoms with Crippen molar-refractivity contribution in [1.29, 1.82) is 0 Å². The van der Waals surface area contributed by atoms with E-state index < -0.39 is 0 Å². The van der Waals surface area contributed by atoms with Crippen LogP contribution in [0.4, 0.5) is 0 Å². The predicted molar refractivity (Wildman–Crippen MR) is 59.4 cm³/mol. The smallest absolute Gasteiger partial charge is 0.0988 e. The zero-order valence-corrected chi connectivity index (χ0v) is 9.89. The third kappa shape index (κ3) is 5.20. The monoisotopic (exact) mass is 228 g/mol. The van der Waals surface area contributed by atoms with Gasteiger partial charge in [-0.3, -0.25) is 4.68 Å². The summed E-state index contributed by atoms with van der Waals surface area (Å²) in [6, 6.07) is 0. The lowest BCUT2D eigenvalue weighted by molar-refractivity contribution is 0.0190. The van der Waals surface area contributed by atoms with Crippen LogP contribution >= 0.6 is 0 Å². The zero-order chi connectivity index (χ0) is 11.8. The maximum atomic E-state index is 8.67. The van der Waals surface area contributed by atoms with Crippen LogP contribution in [0.15, 0.2) is 6.20 Å². The van der Waals surface area contributed by atoms with Gasteiger partial charge in [-0.05, 0) is 12.3 Å². The Hall–Kier alpha value is -0.980. The molecule has 6 heteroatoms. The molecule has 92 valence electrons. The molecule has 0 unspecified atom stereocenters. The minimum atomic E-state index is 0.172. The van der Waals surface area contributed by atoms with Crippen LogP contribution in [0, 0.1) is 5.92 Å². The summed E-state index contributed by atoms with van der Waals surface area (Å²) >= 11 is 0. The number of hydrogen-bond acceptors (Lipinski definition) is 5. The molecule has 1 heterocycles. The fourth-order valence-corrected chi connectivity index (χ4v) is 1.11. The molecule has 0 aromatic carbocycles. The van der Waals surface area contributed by atoms with Crippen molar-refractivity contribution < 1.29 is 9.94 Å². The zero-order valence-electron chi connectivity index (χ0n) is 9.89. The number of aromatic nitrogens is 3. The topological polar surface area (TPSA) is 72.2 Å². The third-order valence-electron chi connectivity index (χ3n) is 1.90. The van der Waals surface area contributed by atoms with Crippen LogP contribution in [0.1, 0.15) is 26.0 Å². The van der Waals surface area contributed by atoms with Gasteiger partial charge < -0.3 is 9.94 Å². The molecule has 0 bridgehead atoms. The van der Waals surface area contributed by atoms with Gasteiger partial charge in [0.1, 0.15) is 0 Å². The van der Waals surface area contributed by atoms with E-state index in [0.29, 0.717) is 32.0 Å². The van der Waals surface area contributed by atoms with E-state index in [9.17, 15) is 0 Å². The minimum Gasteiger partial charge on any atom is -0.396 e. The molecule has 0 spiro atoms. The first-order valence-corrected chi connectivity index (χ1v) is 5.57. The van der Waals surface area contributed by atoms with Crippen molar-refractivity contribution in [3.63, 3.8) is 0 Å². The third-order valence-corrected chi connectivity index (χ3v) is 1.90. The van der Waals surface area contributed by atoms with Crippen LogP contribution in [0.2, 0.25) is 0 Å². The average Bonchev–Trinajstić information content (AvgIpc) is 2.69. The van der Waals surface area contributed by atoms with E-state index in [1.54, 1.807) is 4.68 Å². The van der Waals surface area contributed by atoms with Crippen molar-refractivity contribution in [2.24, 2.45) is 5.92 Å². The first kappa shape index (κ1) is 13.1. The van der Waals surface area contributed by atoms with Crippen molar-refractivity contribution in [3.8, 4) is 0 Å². The van der Waals surface area contributed by atoms with E-state index in [-0.39, 0.29) is 6.61 Å². The van der Waals surface area contributed by atoms with Crippen LogP contribution in [0.25, 0.3) is 0 Å². The Balaban J connectivity index is 2.19. The average molecular weight is 228 g/mol. The molecule has 0 aliphatic rings. The summed E-state index contributed by atoms with van der Waals surface area (Å²) in [7, 11) is 0. The molecule has 1 rings (SSSR count). The number of nitrogens with one attached hydrogen (secondary N) is 1. The summed E-state index contributed by atoms with van der Waals surface area (Å²) in [6.07, 6.45) is 2.54. The normalized spacial score (nSPS) is 11.2. The molecule has 16 heavy (non-hydrogen) atoms. The van der Waals surface area contributed by atoms with Gasteiger partial charge in [0, 0.05) is 19.3 Å². The summed E-state index contributed by atoms with van der Waals surface area (Å²) in [5.41, 5.74) is 3.67. The second kappa shape index (κ2) is 7.32. The predicted octanol–water partition coefficient (Wildman–Crippen LogP) is 0.338. The lowest BCUT2D eigenvalue weighted by Gasteiger charge is -2.05. The Bertz CT molecular complexity index is 288. The van der Waals surface area contributed by atoms with E-state index in [2.05, 4.69) is 29.6 Å². The van der Waals surface area contributed by atoms with Gasteiger partial charge in [-0.2, -0.15) is 5.48 Å². The second-order valence-corrected chi connectivity index (χ2v) is 4.08. The summed E-state index contributed by atoms with van der Waals surface area (Å²) < 4.78 is 1.72. The molecular formula is C10H20N4O2. The quantitative estimate of drug-likeness (QED) is 0.496. The van der Waals surface area contributed by atoms with Crippen molar-refractivity contribution in [2.75, 3.05) is 13.2 Å². The molecule has 1 aromatic heterocycles. The number of hydroxylamine groups is 1. The van der Waals surface area contributed by atoms with Crippen LogP contribution in [0.3, 0.4) is 0 Å². The standard InChI is InChI=1S/C10H20N4O2/c1-9(2)8-16-11-6-10-7-14(13-12-10)4-3-5-15/h7,9,11,15H,3-6,8H2,1-2H3. The van der Waals surface area contributed by atoms with Gasteiger partial charge in [-0.25, -0.2) is 0 Å². The van der Waals surface area contributed by atoms with E-state index in [1.807, 2.05) is 6.20 Å². The fraction of sp³-hybridized carbons (Fsp3) is 0.800. The Kier molecular flexibility index (Phi) is 5.99. The SMILES string of the molecule is CC(C)CONCc1cn(CCCO)nn1. The molecule has 1 aromatic rings. The maximum absolute atomic E-state index is 8.67. The molecule has 0 aliphatic carbocycles. The van der Waals surface area contributed by atoms with Crippen molar-refractivity contribution in [3.05, 3.63) is 11.9 Å². The molecule has 0 radical (unpaired) electrons. The van der Waals surface area contributed by atoms with Gasteiger partial charge >= 0.3 is 0 Å². The van der Waals surface area contributed by atoms with Gasteiger partial charge in [-0.15, -0.1) is 5.10 Å². The van der Waals surface area contributed by atoms with Crippen LogP contribution in [-0.4, -0.2) is 33.3 Å². The second-order valence-electron chi connectivity index (χ2n) is 4.08. The molecule has 6 nitrogen and oxygen atoms in total. The molecular weight excluding hydrogens is 208 g/mol. The summed E-state index contributed by atoms with van der Waals surface area (Å²) in [4.78, 5) is 5.22. The van der Waals surface area contributed by atoms with Gasteiger partial charge in [0.15, 0.2) is 0 Å². The Morgan fingerprint density at radius 1 is 1.56 bits per heavy atom. The van der Waals surface area contributed by atoms with Gasteiger partial charge in [-0.1, -0.05) is 19.1 Å². The highest BCUT2D eigenvalue weighted by molar-refractivity contribution is 4.90. The van der Waals surface area contributed by atoms with E-state index >= 15 is 0 Å².